The van der Waals surface area contributed by atoms with Crippen LogP contribution in [0.15, 0.2) is 42.5 Å². The largest absolute Gasteiger partial charge is 0.494 e. The lowest BCUT2D eigenvalue weighted by molar-refractivity contribution is -0.119. The van der Waals surface area contributed by atoms with Gasteiger partial charge in [0.25, 0.3) is 0 Å². The number of hydrogen-bond acceptors (Lipinski definition) is 5. The summed E-state index contributed by atoms with van der Waals surface area (Å²) >= 11 is 0. The predicted octanol–water partition coefficient (Wildman–Crippen LogP) is 2.83. The van der Waals surface area contributed by atoms with Gasteiger partial charge in [0, 0.05) is 12.2 Å². The second-order valence-corrected chi connectivity index (χ2v) is 5.28. The Bertz CT molecular complexity index is 686. The van der Waals surface area contributed by atoms with Crippen LogP contribution in [0.25, 0.3) is 0 Å². The van der Waals surface area contributed by atoms with E-state index in [1.807, 2.05) is 49.4 Å². The molecule has 0 saturated carbocycles. The third-order valence-corrected chi connectivity index (χ3v) is 3.56. The SMILES string of the molecule is CCOc1ccc(NCC(=O)NCc2ccc(OC)c(OC)c2)cc1. The molecule has 0 aromatic heterocycles. The maximum Gasteiger partial charge on any atom is 0.239 e. The second-order valence-electron chi connectivity index (χ2n) is 5.28. The zero-order valence-corrected chi connectivity index (χ0v) is 14.8. The highest BCUT2D eigenvalue weighted by Crippen LogP contribution is 2.27. The highest BCUT2D eigenvalue weighted by Gasteiger charge is 2.06. The molecular formula is C19H24N2O4. The minimum absolute atomic E-state index is 0.0938. The fourth-order valence-electron chi connectivity index (χ4n) is 2.27. The van der Waals surface area contributed by atoms with Crippen molar-refractivity contribution in [2.75, 3.05) is 32.7 Å². The number of hydrogen-bond donors (Lipinski definition) is 2. The van der Waals surface area contributed by atoms with Gasteiger partial charge in [-0.2, -0.15) is 0 Å². The van der Waals surface area contributed by atoms with Crippen molar-refractivity contribution in [2.24, 2.45) is 0 Å². The second kappa shape index (κ2) is 9.42. The quantitative estimate of drug-likeness (QED) is 0.732. The molecule has 0 aliphatic rings. The molecule has 2 rings (SSSR count). The first-order valence-electron chi connectivity index (χ1n) is 8.10. The maximum atomic E-state index is 12.0. The fraction of sp³-hybridized carbons (Fsp3) is 0.316. The van der Waals surface area contributed by atoms with Crippen molar-refractivity contribution in [2.45, 2.75) is 13.5 Å². The van der Waals surface area contributed by atoms with Gasteiger partial charge in [-0.1, -0.05) is 6.07 Å². The summed E-state index contributed by atoms with van der Waals surface area (Å²) in [7, 11) is 3.17. The van der Waals surface area contributed by atoms with Gasteiger partial charge in [0.05, 0.1) is 27.4 Å². The van der Waals surface area contributed by atoms with Crippen LogP contribution in [0.2, 0.25) is 0 Å². The Kier molecular flexibility index (Phi) is 6.95. The standard InChI is InChI=1S/C19H24N2O4/c1-4-25-16-8-6-15(7-9-16)20-13-19(22)21-12-14-5-10-17(23-2)18(11-14)24-3/h5-11,20H,4,12-13H2,1-3H3,(H,21,22). The van der Waals surface area contributed by atoms with Crippen LogP contribution in [0.5, 0.6) is 17.2 Å². The topological polar surface area (TPSA) is 68.8 Å². The van der Waals surface area contributed by atoms with E-state index in [2.05, 4.69) is 10.6 Å². The zero-order valence-electron chi connectivity index (χ0n) is 14.8. The minimum atomic E-state index is -0.0938. The van der Waals surface area contributed by atoms with E-state index in [0.29, 0.717) is 24.7 Å². The summed E-state index contributed by atoms with van der Waals surface area (Å²) in [6.45, 7) is 3.19. The van der Waals surface area contributed by atoms with Crippen molar-refractivity contribution in [3.05, 3.63) is 48.0 Å². The lowest BCUT2D eigenvalue weighted by Crippen LogP contribution is -2.29. The van der Waals surface area contributed by atoms with E-state index in [9.17, 15) is 4.79 Å². The molecule has 0 unspecified atom stereocenters. The van der Waals surface area contributed by atoms with Crippen LogP contribution in [0.3, 0.4) is 0 Å². The number of rotatable bonds is 9. The maximum absolute atomic E-state index is 12.0. The molecule has 2 aromatic carbocycles. The van der Waals surface area contributed by atoms with Gasteiger partial charge >= 0.3 is 0 Å². The molecule has 0 bridgehead atoms. The molecule has 0 aliphatic heterocycles. The number of carbonyl (C=O) groups excluding carboxylic acids is 1. The zero-order chi connectivity index (χ0) is 18.1. The third kappa shape index (κ3) is 5.60. The molecule has 0 saturated heterocycles. The van der Waals surface area contributed by atoms with Gasteiger partial charge < -0.3 is 24.8 Å². The van der Waals surface area contributed by atoms with E-state index >= 15 is 0 Å². The lowest BCUT2D eigenvalue weighted by atomic mass is 10.2. The summed E-state index contributed by atoms with van der Waals surface area (Å²) in [5.74, 6) is 2.02. The summed E-state index contributed by atoms with van der Waals surface area (Å²) in [5.41, 5.74) is 1.80. The lowest BCUT2D eigenvalue weighted by Gasteiger charge is -2.11. The fourth-order valence-corrected chi connectivity index (χ4v) is 2.27. The average Bonchev–Trinajstić information content (AvgIpc) is 2.65. The number of carbonyl (C=O) groups is 1. The number of benzene rings is 2. The summed E-state index contributed by atoms with van der Waals surface area (Å²) in [6.07, 6.45) is 0. The van der Waals surface area contributed by atoms with Gasteiger partial charge in [-0.3, -0.25) is 4.79 Å². The van der Waals surface area contributed by atoms with Crippen LogP contribution in [-0.2, 0) is 11.3 Å². The Labute approximate surface area is 148 Å². The summed E-state index contributed by atoms with van der Waals surface area (Å²) in [6, 6.07) is 13.1. The first-order chi connectivity index (χ1) is 12.2. The monoisotopic (exact) mass is 344 g/mol. The Morgan fingerprint density at radius 1 is 1.00 bits per heavy atom. The molecule has 0 aliphatic carbocycles. The molecule has 6 heteroatoms. The van der Waals surface area contributed by atoms with Crippen LogP contribution in [0.4, 0.5) is 5.69 Å². The molecule has 0 atom stereocenters. The molecule has 6 nitrogen and oxygen atoms in total. The normalized spacial score (nSPS) is 10.0. The molecule has 0 radical (unpaired) electrons. The number of amides is 1. The number of methoxy groups -OCH3 is 2. The van der Waals surface area contributed by atoms with Crippen molar-refractivity contribution in [1.82, 2.24) is 5.32 Å². The third-order valence-electron chi connectivity index (χ3n) is 3.56. The van der Waals surface area contributed by atoms with Crippen molar-refractivity contribution in [3.63, 3.8) is 0 Å². The average molecular weight is 344 g/mol. The van der Waals surface area contributed by atoms with Gasteiger partial charge in [0.2, 0.25) is 5.91 Å². The van der Waals surface area contributed by atoms with Crippen molar-refractivity contribution in [1.29, 1.82) is 0 Å². The van der Waals surface area contributed by atoms with Gasteiger partial charge in [-0.25, -0.2) is 0 Å². The van der Waals surface area contributed by atoms with Crippen molar-refractivity contribution >= 4 is 11.6 Å². The minimum Gasteiger partial charge on any atom is -0.494 e. The first kappa shape index (κ1) is 18.4. The van der Waals surface area contributed by atoms with Gasteiger partial charge in [-0.05, 0) is 48.9 Å². The highest BCUT2D eigenvalue weighted by atomic mass is 16.5. The number of anilines is 1. The molecule has 2 N–H and O–H groups in total. The number of nitrogens with one attached hydrogen (secondary N) is 2. The van der Waals surface area contributed by atoms with E-state index < -0.39 is 0 Å². The Morgan fingerprint density at radius 2 is 1.72 bits per heavy atom. The molecule has 25 heavy (non-hydrogen) atoms. The van der Waals surface area contributed by atoms with E-state index in [-0.39, 0.29) is 12.5 Å². The highest BCUT2D eigenvalue weighted by molar-refractivity contribution is 5.80. The van der Waals surface area contributed by atoms with Crippen LogP contribution < -0.4 is 24.8 Å². The van der Waals surface area contributed by atoms with Crippen LogP contribution in [0.1, 0.15) is 12.5 Å². The summed E-state index contributed by atoms with van der Waals surface area (Å²) < 4.78 is 15.8. The van der Waals surface area contributed by atoms with Gasteiger partial charge in [0.1, 0.15) is 5.75 Å². The molecule has 134 valence electrons. The van der Waals surface area contributed by atoms with E-state index in [4.69, 9.17) is 14.2 Å². The summed E-state index contributed by atoms with van der Waals surface area (Å²) in [5, 5.41) is 5.95. The van der Waals surface area contributed by atoms with Crippen LogP contribution in [0, 0.1) is 0 Å². The molecule has 1 amide bonds. The number of ether oxygens (including phenoxy) is 3. The van der Waals surface area contributed by atoms with Crippen molar-refractivity contribution < 1.29 is 19.0 Å². The molecular weight excluding hydrogens is 320 g/mol. The van der Waals surface area contributed by atoms with E-state index in [1.165, 1.54) is 0 Å². The van der Waals surface area contributed by atoms with Crippen LogP contribution >= 0.6 is 0 Å². The molecule has 2 aromatic rings. The molecule has 0 fully saturated rings. The van der Waals surface area contributed by atoms with Gasteiger partial charge in [0.15, 0.2) is 11.5 Å². The van der Waals surface area contributed by atoms with Crippen LogP contribution in [-0.4, -0.2) is 33.3 Å². The predicted molar refractivity (Wildman–Crippen MR) is 97.5 cm³/mol. The Balaban J connectivity index is 1.80. The molecule has 0 heterocycles. The smallest absolute Gasteiger partial charge is 0.239 e. The summed E-state index contributed by atoms with van der Waals surface area (Å²) in [4.78, 5) is 12.0. The van der Waals surface area contributed by atoms with E-state index in [0.717, 1.165) is 17.0 Å². The van der Waals surface area contributed by atoms with Gasteiger partial charge in [-0.15, -0.1) is 0 Å². The molecule has 0 spiro atoms. The van der Waals surface area contributed by atoms with E-state index in [1.54, 1.807) is 14.2 Å². The Hall–Kier alpha value is -2.89. The Morgan fingerprint density at radius 3 is 2.36 bits per heavy atom. The first-order valence-corrected chi connectivity index (χ1v) is 8.10. The van der Waals surface area contributed by atoms with Crippen molar-refractivity contribution in [3.8, 4) is 17.2 Å².